The Kier molecular flexibility index (Phi) is 3.18. The number of rotatable bonds is 4. The van der Waals surface area contributed by atoms with Crippen LogP contribution in [-0.2, 0) is 14.8 Å². The van der Waals surface area contributed by atoms with E-state index < -0.39 is 16.0 Å². The van der Waals surface area contributed by atoms with Crippen LogP contribution in [0.1, 0.15) is 6.42 Å². The Balaban J connectivity index is 1.95. The second kappa shape index (κ2) is 4.31. The first kappa shape index (κ1) is 11.8. The minimum Gasteiger partial charge on any atom is -0.481 e. The molecule has 0 bridgehead atoms. The van der Waals surface area contributed by atoms with E-state index in [0.29, 0.717) is 24.9 Å². The van der Waals surface area contributed by atoms with Gasteiger partial charge < -0.3 is 10.4 Å². The van der Waals surface area contributed by atoms with Crippen LogP contribution in [0.5, 0.6) is 0 Å². The van der Waals surface area contributed by atoms with Gasteiger partial charge in [-0.05, 0) is 24.9 Å². The summed E-state index contributed by atoms with van der Waals surface area (Å²) in [5.41, 5.74) is 0. The fourth-order valence-corrected chi connectivity index (χ4v) is 3.91. The number of aliphatic carboxylic acids is 1. The number of fused-ring (bicyclic) bond motifs is 1. The maximum Gasteiger partial charge on any atom is 0.304 e. The molecule has 0 amide bonds. The van der Waals surface area contributed by atoms with Crippen LogP contribution < -0.4 is 5.32 Å². The van der Waals surface area contributed by atoms with E-state index in [9.17, 15) is 13.2 Å². The molecule has 2 aliphatic heterocycles. The Labute approximate surface area is 94.7 Å². The Hall–Kier alpha value is -0.660. The largest absolute Gasteiger partial charge is 0.481 e. The fourth-order valence-electron chi connectivity index (χ4n) is 2.38. The topological polar surface area (TPSA) is 86.7 Å². The molecular weight excluding hydrogens is 232 g/mol. The van der Waals surface area contributed by atoms with Crippen LogP contribution in [-0.4, -0.2) is 55.7 Å². The van der Waals surface area contributed by atoms with Crippen LogP contribution in [0, 0.1) is 11.8 Å². The van der Waals surface area contributed by atoms with Crippen LogP contribution in [0.2, 0.25) is 0 Å². The number of sulfonamides is 1. The zero-order valence-corrected chi connectivity index (χ0v) is 9.74. The van der Waals surface area contributed by atoms with Gasteiger partial charge in [0.15, 0.2) is 0 Å². The summed E-state index contributed by atoms with van der Waals surface area (Å²) in [5.74, 6) is -0.543. The highest BCUT2D eigenvalue weighted by Gasteiger charge is 2.40. The molecule has 0 radical (unpaired) electrons. The molecule has 6 nitrogen and oxygen atoms in total. The normalized spacial score (nSPS) is 30.5. The lowest BCUT2D eigenvalue weighted by molar-refractivity contribution is -0.136. The van der Waals surface area contributed by atoms with Crippen LogP contribution in [0.3, 0.4) is 0 Å². The Morgan fingerprint density at radius 2 is 1.88 bits per heavy atom. The predicted octanol–water partition coefficient (Wildman–Crippen LogP) is -1.06. The monoisotopic (exact) mass is 248 g/mol. The lowest BCUT2D eigenvalue weighted by Gasteiger charge is -2.16. The average molecular weight is 248 g/mol. The van der Waals surface area contributed by atoms with Crippen molar-refractivity contribution in [2.75, 3.05) is 31.9 Å². The second-order valence-corrected chi connectivity index (χ2v) is 6.54. The summed E-state index contributed by atoms with van der Waals surface area (Å²) in [4.78, 5) is 10.4. The number of carbonyl (C=O) groups is 1. The highest BCUT2D eigenvalue weighted by Crippen LogP contribution is 2.28. The molecule has 2 saturated heterocycles. The van der Waals surface area contributed by atoms with Gasteiger partial charge in [0.2, 0.25) is 10.0 Å². The van der Waals surface area contributed by atoms with Crippen molar-refractivity contribution in [3.63, 3.8) is 0 Å². The molecule has 2 heterocycles. The van der Waals surface area contributed by atoms with E-state index in [2.05, 4.69) is 5.32 Å². The number of nitrogens with one attached hydrogen (secondary N) is 1. The molecule has 0 aliphatic carbocycles. The van der Waals surface area contributed by atoms with Gasteiger partial charge in [0.05, 0.1) is 12.2 Å². The maximum absolute atomic E-state index is 11.8. The first-order chi connectivity index (χ1) is 7.49. The standard InChI is InChI=1S/C9H16N2O4S/c12-9(13)1-2-16(14,15)11-5-7-3-10-4-8(7)6-11/h7-8,10H,1-6H2,(H,12,13)/t7-,8+. The van der Waals surface area contributed by atoms with Crippen molar-refractivity contribution < 1.29 is 18.3 Å². The van der Waals surface area contributed by atoms with Gasteiger partial charge in [-0.3, -0.25) is 4.79 Å². The van der Waals surface area contributed by atoms with E-state index in [1.807, 2.05) is 0 Å². The van der Waals surface area contributed by atoms with E-state index in [0.717, 1.165) is 13.1 Å². The number of nitrogens with zero attached hydrogens (tertiary/aromatic N) is 1. The number of carboxylic acid groups (broad SMARTS) is 1. The van der Waals surface area contributed by atoms with E-state index in [1.165, 1.54) is 4.31 Å². The van der Waals surface area contributed by atoms with Crippen LogP contribution >= 0.6 is 0 Å². The minimum absolute atomic E-state index is 0.283. The van der Waals surface area contributed by atoms with Crippen molar-refractivity contribution in [3.8, 4) is 0 Å². The summed E-state index contributed by atoms with van der Waals surface area (Å²) < 4.78 is 25.1. The third-order valence-corrected chi connectivity index (χ3v) is 5.13. The Morgan fingerprint density at radius 1 is 1.31 bits per heavy atom. The molecule has 2 fully saturated rings. The SMILES string of the molecule is O=C(O)CCS(=O)(=O)N1C[C@H]2CNC[C@H]2C1. The van der Waals surface area contributed by atoms with Gasteiger partial charge in [0.1, 0.15) is 0 Å². The van der Waals surface area contributed by atoms with Crippen molar-refractivity contribution in [2.45, 2.75) is 6.42 Å². The third kappa shape index (κ3) is 2.36. The van der Waals surface area contributed by atoms with Gasteiger partial charge in [-0.15, -0.1) is 0 Å². The van der Waals surface area contributed by atoms with Gasteiger partial charge in [0, 0.05) is 13.1 Å². The minimum atomic E-state index is -3.37. The molecule has 2 rings (SSSR count). The molecule has 0 spiro atoms. The molecule has 0 aromatic rings. The molecule has 7 heteroatoms. The Bertz CT molecular complexity index is 369. The molecule has 16 heavy (non-hydrogen) atoms. The van der Waals surface area contributed by atoms with E-state index >= 15 is 0 Å². The summed E-state index contributed by atoms with van der Waals surface area (Å²) in [6.07, 6.45) is -0.313. The van der Waals surface area contributed by atoms with E-state index in [4.69, 9.17) is 5.11 Å². The summed E-state index contributed by atoms with van der Waals surface area (Å²) in [6, 6.07) is 0. The highest BCUT2D eigenvalue weighted by molar-refractivity contribution is 7.89. The lowest BCUT2D eigenvalue weighted by atomic mass is 10.0. The predicted molar refractivity (Wildman–Crippen MR) is 57.5 cm³/mol. The van der Waals surface area contributed by atoms with Crippen LogP contribution in [0.25, 0.3) is 0 Å². The van der Waals surface area contributed by atoms with Crippen molar-refractivity contribution in [3.05, 3.63) is 0 Å². The number of carboxylic acids is 1. The van der Waals surface area contributed by atoms with Crippen molar-refractivity contribution >= 4 is 16.0 Å². The molecule has 0 aromatic heterocycles. The molecule has 0 unspecified atom stereocenters. The van der Waals surface area contributed by atoms with Gasteiger partial charge in [-0.25, -0.2) is 12.7 Å². The number of hydrogen-bond donors (Lipinski definition) is 2. The van der Waals surface area contributed by atoms with Crippen molar-refractivity contribution in [1.82, 2.24) is 9.62 Å². The third-order valence-electron chi connectivity index (χ3n) is 3.32. The summed E-state index contributed by atoms with van der Waals surface area (Å²) >= 11 is 0. The zero-order valence-electron chi connectivity index (χ0n) is 8.92. The molecule has 2 atom stereocenters. The van der Waals surface area contributed by atoms with Gasteiger partial charge in [-0.1, -0.05) is 0 Å². The van der Waals surface area contributed by atoms with Gasteiger partial charge in [-0.2, -0.15) is 0 Å². The fraction of sp³-hybridized carbons (Fsp3) is 0.889. The number of hydrogen-bond acceptors (Lipinski definition) is 4. The van der Waals surface area contributed by atoms with Crippen molar-refractivity contribution in [1.29, 1.82) is 0 Å². The van der Waals surface area contributed by atoms with E-state index in [-0.39, 0.29) is 12.2 Å². The average Bonchev–Trinajstić information content (AvgIpc) is 2.73. The van der Waals surface area contributed by atoms with Gasteiger partial charge in [0.25, 0.3) is 0 Å². The van der Waals surface area contributed by atoms with Gasteiger partial charge >= 0.3 is 5.97 Å². The zero-order chi connectivity index (χ0) is 11.8. The lowest BCUT2D eigenvalue weighted by Crippen LogP contribution is -2.34. The van der Waals surface area contributed by atoms with Crippen molar-refractivity contribution in [2.24, 2.45) is 11.8 Å². The second-order valence-electron chi connectivity index (χ2n) is 4.46. The van der Waals surface area contributed by atoms with Crippen LogP contribution in [0.4, 0.5) is 0 Å². The van der Waals surface area contributed by atoms with Crippen LogP contribution in [0.15, 0.2) is 0 Å². The Morgan fingerprint density at radius 3 is 2.38 bits per heavy atom. The molecule has 92 valence electrons. The molecule has 2 aliphatic rings. The summed E-state index contributed by atoms with van der Waals surface area (Å²) in [7, 11) is -3.37. The first-order valence-electron chi connectivity index (χ1n) is 5.39. The molecule has 2 N–H and O–H groups in total. The summed E-state index contributed by atoms with van der Waals surface area (Å²) in [6.45, 7) is 2.82. The quantitative estimate of drug-likeness (QED) is 0.662. The van der Waals surface area contributed by atoms with E-state index in [1.54, 1.807) is 0 Å². The first-order valence-corrected chi connectivity index (χ1v) is 7.00. The molecule has 0 saturated carbocycles. The summed E-state index contributed by atoms with van der Waals surface area (Å²) in [5, 5.41) is 11.7. The smallest absolute Gasteiger partial charge is 0.304 e. The molecule has 0 aromatic carbocycles. The maximum atomic E-state index is 11.8. The molecular formula is C9H16N2O4S. The highest BCUT2D eigenvalue weighted by atomic mass is 32.2.